The number of fused-ring (bicyclic) bond motifs is 2. The summed E-state index contributed by atoms with van der Waals surface area (Å²) in [6, 6.07) is 19.2. The van der Waals surface area contributed by atoms with Crippen molar-refractivity contribution >= 4 is 33.7 Å². The Morgan fingerprint density at radius 3 is 2.16 bits per heavy atom. The van der Waals surface area contributed by atoms with Gasteiger partial charge in [0.15, 0.2) is 0 Å². The number of anilines is 1. The summed E-state index contributed by atoms with van der Waals surface area (Å²) in [7, 11) is 0. The minimum Gasteiger partial charge on any atom is -0.322 e. The Bertz CT molecular complexity index is 1100. The molecule has 0 saturated carbocycles. The van der Waals surface area contributed by atoms with Gasteiger partial charge in [-0.05, 0) is 61.4 Å². The molecular weight excluding hydrogens is 310 g/mol. The molecule has 0 bridgehead atoms. The van der Waals surface area contributed by atoms with E-state index in [0.717, 1.165) is 27.8 Å². The summed E-state index contributed by atoms with van der Waals surface area (Å²) in [6.45, 7) is 4.02. The van der Waals surface area contributed by atoms with Crippen molar-refractivity contribution in [3.63, 3.8) is 0 Å². The summed E-state index contributed by atoms with van der Waals surface area (Å²) >= 11 is 0. The molecule has 1 heterocycles. The summed E-state index contributed by atoms with van der Waals surface area (Å²) in [5, 5.41) is 2.97. The van der Waals surface area contributed by atoms with E-state index in [4.69, 9.17) is 0 Å². The third kappa shape index (κ3) is 2.94. The van der Waals surface area contributed by atoms with Crippen LogP contribution in [0.25, 0.3) is 22.1 Å². The molecule has 1 aromatic heterocycles. The molecule has 0 atom stereocenters. The van der Waals surface area contributed by atoms with Crippen molar-refractivity contribution < 1.29 is 4.79 Å². The second-order valence-electron chi connectivity index (χ2n) is 6.22. The fraction of sp³-hybridized carbons (Fsp3) is 0.0952. The lowest BCUT2D eigenvalue weighted by Crippen LogP contribution is -2.13. The van der Waals surface area contributed by atoms with E-state index < -0.39 is 0 Å². The summed E-state index contributed by atoms with van der Waals surface area (Å²) in [5.41, 5.74) is 6.46. The number of hydrogen-bond acceptors (Lipinski definition) is 3. The molecule has 0 aliphatic carbocycles. The zero-order valence-corrected chi connectivity index (χ0v) is 14.1. The molecule has 1 amide bonds. The predicted octanol–water partition coefficient (Wildman–Crippen LogP) is 4.65. The van der Waals surface area contributed by atoms with Crippen LogP contribution in [0.3, 0.4) is 0 Å². The van der Waals surface area contributed by atoms with Gasteiger partial charge in [0.2, 0.25) is 0 Å². The summed E-state index contributed by atoms with van der Waals surface area (Å²) < 4.78 is 0. The highest BCUT2D eigenvalue weighted by atomic mass is 16.1. The molecule has 0 aliphatic rings. The number of hydrogen-bond donors (Lipinski definition) is 1. The Balaban J connectivity index is 1.79. The van der Waals surface area contributed by atoms with Crippen molar-refractivity contribution in [1.29, 1.82) is 0 Å². The quantitative estimate of drug-likeness (QED) is 0.545. The zero-order chi connectivity index (χ0) is 17.4. The van der Waals surface area contributed by atoms with Gasteiger partial charge in [0, 0.05) is 5.69 Å². The largest absolute Gasteiger partial charge is 0.322 e. The van der Waals surface area contributed by atoms with E-state index in [0.29, 0.717) is 16.6 Å². The Morgan fingerprint density at radius 1 is 0.800 bits per heavy atom. The van der Waals surface area contributed by atoms with Crippen molar-refractivity contribution in [2.45, 2.75) is 13.8 Å². The first kappa shape index (κ1) is 15.3. The highest BCUT2D eigenvalue weighted by Gasteiger charge is 2.13. The van der Waals surface area contributed by atoms with Crippen LogP contribution in [-0.4, -0.2) is 15.9 Å². The molecule has 0 saturated heterocycles. The van der Waals surface area contributed by atoms with Crippen molar-refractivity contribution in [2.75, 3.05) is 5.32 Å². The predicted molar refractivity (Wildman–Crippen MR) is 101 cm³/mol. The molecule has 4 nitrogen and oxygen atoms in total. The van der Waals surface area contributed by atoms with Gasteiger partial charge in [-0.2, -0.15) is 0 Å². The molecule has 25 heavy (non-hydrogen) atoms. The lowest BCUT2D eigenvalue weighted by atomic mass is 10.1. The van der Waals surface area contributed by atoms with Gasteiger partial charge >= 0.3 is 0 Å². The van der Waals surface area contributed by atoms with Crippen molar-refractivity contribution in [1.82, 2.24) is 9.97 Å². The smallest absolute Gasteiger partial charge is 0.257 e. The number of carbonyl (C=O) groups excluding carboxylic acids is 1. The number of benzene rings is 3. The first-order valence-corrected chi connectivity index (χ1v) is 8.15. The number of nitrogens with zero attached hydrogens (tertiary/aromatic N) is 2. The van der Waals surface area contributed by atoms with Gasteiger partial charge in [0.25, 0.3) is 5.91 Å². The van der Waals surface area contributed by atoms with Crippen LogP contribution in [-0.2, 0) is 0 Å². The highest BCUT2D eigenvalue weighted by Crippen LogP contribution is 2.21. The van der Waals surface area contributed by atoms with Gasteiger partial charge in [-0.25, -0.2) is 9.97 Å². The number of nitrogens with one attached hydrogen (secondary N) is 1. The maximum atomic E-state index is 12.8. The van der Waals surface area contributed by atoms with E-state index in [1.54, 1.807) is 6.07 Å². The zero-order valence-electron chi connectivity index (χ0n) is 14.1. The van der Waals surface area contributed by atoms with Crippen molar-refractivity contribution in [2.24, 2.45) is 0 Å². The number of amides is 1. The topological polar surface area (TPSA) is 54.9 Å². The molecule has 0 aliphatic heterocycles. The highest BCUT2D eigenvalue weighted by molar-refractivity contribution is 6.12. The molecule has 0 radical (unpaired) electrons. The Hall–Kier alpha value is -3.27. The second-order valence-corrected chi connectivity index (χ2v) is 6.22. The average molecular weight is 327 g/mol. The van der Waals surface area contributed by atoms with Gasteiger partial charge < -0.3 is 5.32 Å². The number of carbonyl (C=O) groups is 1. The SMILES string of the molecule is Cc1cc(C)cc(NC(=O)c2cccc3nc4ccccc4nc23)c1. The summed E-state index contributed by atoms with van der Waals surface area (Å²) in [5.74, 6) is -0.180. The maximum Gasteiger partial charge on any atom is 0.257 e. The van der Waals surface area contributed by atoms with E-state index in [1.807, 2.05) is 62.4 Å². The van der Waals surface area contributed by atoms with Crippen LogP contribution in [0, 0.1) is 13.8 Å². The molecule has 4 heteroatoms. The molecule has 0 spiro atoms. The van der Waals surface area contributed by atoms with Crippen molar-refractivity contribution in [3.8, 4) is 0 Å². The number of rotatable bonds is 2. The van der Waals surface area contributed by atoms with E-state index in [1.165, 1.54) is 0 Å². The fourth-order valence-corrected chi connectivity index (χ4v) is 3.07. The van der Waals surface area contributed by atoms with E-state index in [9.17, 15) is 4.79 Å². The molecular formula is C21H17N3O. The molecule has 3 aromatic carbocycles. The van der Waals surface area contributed by atoms with E-state index >= 15 is 0 Å². The van der Waals surface area contributed by atoms with Crippen LogP contribution in [0.1, 0.15) is 21.5 Å². The van der Waals surface area contributed by atoms with Crippen LogP contribution < -0.4 is 5.32 Å². The molecule has 4 rings (SSSR count). The van der Waals surface area contributed by atoms with Gasteiger partial charge in [-0.15, -0.1) is 0 Å². The lowest BCUT2D eigenvalue weighted by molar-refractivity contribution is 0.102. The average Bonchev–Trinajstić information content (AvgIpc) is 2.58. The van der Waals surface area contributed by atoms with Gasteiger partial charge in [0.05, 0.1) is 22.1 Å². The van der Waals surface area contributed by atoms with Crippen LogP contribution >= 0.6 is 0 Å². The van der Waals surface area contributed by atoms with E-state index in [2.05, 4.69) is 21.4 Å². The van der Waals surface area contributed by atoms with E-state index in [-0.39, 0.29) is 5.91 Å². The van der Waals surface area contributed by atoms with Crippen LogP contribution in [0.15, 0.2) is 60.7 Å². The first-order chi connectivity index (χ1) is 12.1. The van der Waals surface area contributed by atoms with Gasteiger partial charge in [0.1, 0.15) is 5.52 Å². The van der Waals surface area contributed by atoms with Gasteiger partial charge in [-0.1, -0.05) is 24.3 Å². The monoisotopic (exact) mass is 327 g/mol. The Labute approximate surface area is 145 Å². The van der Waals surface area contributed by atoms with Gasteiger partial charge in [-0.3, -0.25) is 4.79 Å². The second kappa shape index (κ2) is 5.98. The normalized spacial score (nSPS) is 11.0. The Morgan fingerprint density at radius 2 is 1.44 bits per heavy atom. The molecule has 4 aromatic rings. The third-order valence-corrected chi connectivity index (χ3v) is 4.09. The lowest BCUT2D eigenvalue weighted by Gasteiger charge is -2.09. The fourth-order valence-electron chi connectivity index (χ4n) is 3.07. The number of aryl methyl sites for hydroxylation is 2. The number of para-hydroxylation sites is 3. The Kier molecular flexibility index (Phi) is 3.65. The van der Waals surface area contributed by atoms with Crippen LogP contribution in [0.5, 0.6) is 0 Å². The number of aromatic nitrogens is 2. The molecule has 1 N–H and O–H groups in total. The first-order valence-electron chi connectivity index (χ1n) is 8.15. The summed E-state index contributed by atoms with van der Waals surface area (Å²) in [4.78, 5) is 22.1. The molecule has 0 fully saturated rings. The maximum absolute atomic E-state index is 12.8. The molecule has 122 valence electrons. The van der Waals surface area contributed by atoms with Crippen LogP contribution in [0.4, 0.5) is 5.69 Å². The molecule has 0 unspecified atom stereocenters. The standard InChI is InChI=1S/C21H17N3O/c1-13-10-14(2)12-15(11-13)22-21(25)16-6-5-9-19-20(16)24-18-8-4-3-7-17(18)23-19/h3-12H,1-2H3,(H,22,25). The minimum atomic E-state index is -0.180. The minimum absolute atomic E-state index is 0.180. The van der Waals surface area contributed by atoms with Crippen LogP contribution in [0.2, 0.25) is 0 Å². The van der Waals surface area contributed by atoms with Crippen molar-refractivity contribution in [3.05, 3.63) is 77.4 Å². The third-order valence-electron chi connectivity index (χ3n) is 4.09. The summed E-state index contributed by atoms with van der Waals surface area (Å²) in [6.07, 6.45) is 0.